The summed E-state index contributed by atoms with van der Waals surface area (Å²) in [4.78, 5) is 0. The number of aliphatic hydroxyl groups is 1. The number of rotatable bonds is 5. The Morgan fingerprint density at radius 2 is 1.87 bits per heavy atom. The maximum absolute atomic E-state index is 9.01. The highest BCUT2D eigenvalue weighted by atomic mass is 16.3. The quantitative estimate of drug-likeness (QED) is 0.777. The van der Waals surface area contributed by atoms with Gasteiger partial charge in [-0.15, -0.1) is 0 Å². The third kappa shape index (κ3) is 3.65. The molecule has 1 aromatic rings. The SMILES string of the molecule is CCC(NC(C)CO)c1ccc(C)cc1. The lowest BCUT2D eigenvalue weighted by Gasteiger charge is -2.21. The van der Waals surface area contributed by atoms with Crippen molar-refractivity contribution in [2.75, 3.05) is 6.61 Å². The highest BCUT2D eigenvalue weighted by Crippen LogP contribution is 2.17. The molecule has 0 aliphatic heterocycles. The summed E-state index contributed by atoms with van der Waals surface area (Å²) < 4.78 is 0. The van der Waals surface area contributed by atoms with Gasteiger partial charge in [0.05, 0.1) is 6.61 Å². The topological polar surface area (TPSA) is 32.3 Å². The zero-order valence-electron chi connectivity index (χ0n) is 9.83. The number of benzene rings is 1. The van der Waals surface area contributed by atoms with Gasteiger partial charge in [0.2, 0.25) is 0 Å². The Balaban J connectivity index is 2.69. The average molecular weight is 207 g/mol. The number of aryl methyl sites for hydroxylation is 1. The van der Waals surface area contributed by atoms with E-state index in [0.29, 0.717) is 6.04 Å². The molecule has 0 aromatic heterocycles. The molecule has 15 heavy (non-hydrogen) atoms. The van der Waals surface area contributed by atoms with Crippen LogP contribution >= 0.6 is 0 Å². The third-order valence-electron chi connectivity index (χ3n) is 2.65. The Morgan fingerprint density at radius 3 is 2.33 bits per heavy atom. The van der Waals surface area contributed by atoms with Crippen molar-refractivity contribution in [2.45, 2.75) is 39.3 Å². The molecule has 2 heteroatoms. The molecule has 1 rings (SSSR count). The van der Waals surface area contributed by atoms with E-state index < -0.39 is 0 Å². The van der Waals surface area contributed by atoms with E-state index in [1.54, 1.807) is 0 Å². The minimum Gasteiger partial charge on any atom is -0.395 e. The van der Waals surface area contributed by atoms with Crippen LogP contribution < -0.4 is 5.32 Å². The smallest absolute Gasteiger partial charge is 0.0582 e. The molecule has 0 amide bonds. The van der Waals surface area contributed by atoms with Crippen LogP contribution in [0.1, 0.15) is 37.4 Å². The summed E-state index contributed by atoms with van der Waals surface area (Å²) in [6.45, 7) is 6.43. The van der Waals surface area contributed by atoms with Crippen LogP contribution in [0.15, 0.2) is 24.3 Å². The summed E-state index contributed by atoms with van der Waals surface area (Å²) in [6, 6.07) is 9.05. The first-order valence-corrected chi connectivity index (χ1v) is 5.60. The van der Waals surface area contributed by atoms with Crippen molar-refractivity contribution >= 4 is 0 Å². The molecule has 0 aliphatic carbocycles. The van der Waals surface area contributed by atoms with Crippen molar-refractivity contribution < 1.29 is 5.11 Å². The molecule has 2 unspecified atom stereocenters. The third-order valence-corrected chi connectivity index (χ3v) is 2.65. The van der Waals surface area contributed by atoms with Gasteiger partial charge in [-0.2, -0.15) is 0 Å². The summed E-state index contributed by atoms with van der Waals surface area (Å²) in [5.41, 5.74) is 2.58. The van der Waals surface area contributed by atoms with Crippen LogP contribution in [-0.4, -0.2) is 17.8 Å². The predicted octanol–water partition coefficient (Wildman–Crippen LogP) is 2.42. The van der Waals surface area contributed by atoms with E-state index in [2.05, 4.69) is 43.4 Å². The van der Waals surface area contributed by atoms with E-state index in [9.17, 15) is 0 Å². The minimum absolute atomic E-state index is 0.149. The number of hydrogen-bond acceptors (Lipinski definition) is 2. The van der Waals surface area contributed by atoms with Gasteiger partial charge >= 0.3 is 0 Å². The summed E-state index contributed by atoms with van der Waals surface area (Å²) in [5.74, 6) is 0. The summed E-state index contributed by atoms with van der Waals surface area (Å²) >= 11 is 0. The molecule has 2 nitrogen and oxygen atoms in total. The van der Waals surface area contributed by atoms with Crippen molar-refractivity contribution in [2.24, 2.45) is 0 Å². The van der Waals surface area contributed by atoms with Gasteiger partial charge in [-0.05, 0) is 25.8 Å². The maximum Gasteiger partial charge on any atom is 0.0582 e. The van der Waals surface area contributed by atoms with Gasteiger partial charge in [-0.3, -0.25) is 0 Å². The van der Waals surface area contributed by atoms with Crippen LogP contribution in [0.2, 0.25) is 0 Å². The molecule has 0 bridgehead atoms. The fraction of sp³-hybridized carbons (Fsp3) is 0.538. The Kier molecular flexibility index (Phi) is 4.79. The van der Waals surface area contributed by atoms with Crippen LogP contribution in [0.5, 0.6) is 0 Å². The Hall–Kier alpha value is -0.860. The van der Waals surface area contributed by atoms with Crippen LogP contribution in [0.3, 0.4) is 0 Å². The molecule has 84 valence electrons. The number of hydrogen-bond donors (Lipinski definition) is 2. The van der Waals surface area contributed by atoms with E-state index >= 15 is 0 Å². The first-order chi connectivity index (χ1) is 7.17. The van der Waals surface area contributed by atoms with Gasteiger partial charge in [0.15, 0.2) is 0 Å². The zero-order chi connectivity index (χ0) is 11.3. The standard InChI is InChI=1S/C13H21NO/c1-4-13(14-11(3)9-15)12-7-5-10(2)6-8-12/h5-8,11,13-15H,4,9H2,1-3H3. The van der Waals surface area contributed by atoms with Gasteiger partial charge in [0.25, 0.3) is 0 Å². The lowest BCUT2D eigenvalue weighted by Crippen LogP contribution is -2.32. The molecule has 1 aromatic carbocycles. The molecule has 0 aliphatic rings. The van der Waals surface area contributed by atoms with E-state index in [1.165, 1.54) is 11.1 Å². The Labute approximate surface area is 92.3 Å². The second kappa shape index (κ2) is 5.89. The van der Waals surface area contributed by atoms with Crippen LogP contribution in [-0.2, 0) is 0 Å². The molecule has 0 saturated heterocycles. The summed E-state index contributed by atoms with van der Waals surface area (Å²) in [6.07, 6.45) is 1.04. The number of nitrogens with one attached hydrogen (secondary N) is 1. The highest BCUT2D eigenvalue weighted by Gasteiger charge is 2.11. The molecule has 0 heterocycles. The van der Waals surface area contributed by atoms with Gasteiger partial charge in [-0.1, -0.05) is 36.8 Å². The molecule has 2 N–H and O–H groups in total. The van der Waals surface area contributed by atoms with Crippen molar-refractivity contribution in [3.8, 4) is 0 Å². The molecule has 0 radical (unpaired) electrons. The van der Waals surface area contributed by atoms with E-state index in [1.807, 2.05) is 6.92 Å². The van der Waals surface area contributed by atoms with E-state index in [0.717, 1.165) is 6.42 Å². The maximum atomic E-state index is 9.01. The lowest BCUT2D eigenvalue weighted by atomic mass is 10.0. The average Bonchev–Trinajstić information content (AvgIpc) is 2.27. The fourth-order valence-electron chi connectivity index (χ4n) is 1.64. The van der Waals surface area contributed by atoms with Crippen molar-refractivity contribution in [1.29, 1.82) is 0 Å². The molecule has 0 fully saturated rings. The monoisotopic (exact) mass is 207 g/mol. The fourth-order valence-corrected chi connectivity index (χ4v) is 1.64. The van der Waals surface area contributed by atoms with Crippen LogP contribution in [0.25, 0.3) is 0 Å². The van der Waals surface area contributed by atoms with Gasteiger partial charge in [0, 0.05) is 12.1 Å². The Bertz CT molecular complexity index is 281. The zero-order valence-corrected chi connectivity index (χ0v) is 9.83. The molecule has 2 atom stereocenters. The minimum atomic E-state index is 0.149. The van der Waals surface area contributed by atoms with Gasteiger partial charge < -0.3 is 10.4 Å². The van der Waals surface area contributed by atoms with Gasteiger partial charge in [-0.25, -0.2) is 0 Å². The normalized spacial score (nSPS) is 14.9. The Morgan fingerprint density at radius 1 is 1.27 bits per heavy atom. The van der Waals surface area contributed by atoms with Crippen LogP contribution in [0.4, 0.5) is 0 Å². The van der Waals surface area contributed by atoms with Gasteiger partial charge in [0.1, 0.15) is 0 Å². The largest absolute Gasteiger partial charge is 0.395 e. The molecular formula is C13H21NO. The van der Waals surface area contributed by atoms with Crippen molar-refractivity contribution in [3.63, 3.8) is 0 Å². The lowest BCUT2D eigenvalue weighted by molar-refractivity contribution is 0.239. The van der Waals surface area contributed by atoms with Crippen molar-refractivity contribution in [1.82, 2.24) is 5.32 Å². The van der Waals surface area contributed by atoms with Crippen molar-refractivity contribution in [3.05, 3.63) is 35.4 Å². The second-order valence-electron chi connectivity index (χ2n) is 4.12. The first-order valence-electron chi connectivity index (χ1n) is 5.60. The highest BCUT2D eigenvalue weighted by molar-refractivity contribution is 5.24. The molecule has 0 spiro atoms. The second-order valence-corrected chi connectivity index (χ2v) is 4.12. The number of aliphatic hydroxyl groups excluding tert-OH is 1. The first kappa shape index (κ1) is 12.2. The summed E-state index contributed by atoms with van der Waals surface area (Å²) in [5, 5.41) is 12.4. The van der Waals surface area contributed by atoms with E-state index in [-0.39, 0.29) is 12.6 Å². The van der Waals surface area contributed by atoms with E-state index in [4.69, 9.17) is 5.11 Å². The van der Waals surface area contributed by atoms with Crippen LogP contribution in [0, 0.1) is 6.92 Å². The summed E-state index contributed by atoms with van der Waals surface area (Å²) in [7, 11) is 0. The molecular weight excluding hydrogens is 186 g/mol. The predicted molar refractivity (Wildman–Crippen MR) is 63.9 cm³/mol. The molecule has 0 saturated carbocycles.